The molecule has 1 aromatic carbocycles. The molecule has 0 heterocycles. The van der Waals surface area contributed by atoms with E-state index in [4.69, 9.17) is 9.84 Å². The van der Waals surface area contributed by atoms with Crippen molar-refractivity contribution in [2.24, 2.45) is 0 Å². The maximum absolute atomic E-state index is 11.9. The van der Waals surface area contributed by atoms with Gasteiger partial charge in [-0.15, -0.1) is 0 Å². The van der Waals surface area contributed by atoms with Crippen molar-refractivity contribution < 1.29 is 19.4 Å². The van der Waals surface area contributed by atoms with Crippen LogP contribution in [0.5, 0.6) is 0 Å². The molecule has 1 aromatic rings. The smallest absolute Gasteiger partial charge is 0.304 e. The van der Waals surface area contributed by atoms with Crippen LogP contribution in [-0.4, -0.2) is 30.1 Å². The summed E-state index contributed by atoms with van der Waals surface area (Å²) in [7, 11) is 1.43. The van der Waals surface area contributed by atoms with E-state index in [2.05, 4.69) is 0 Å². The first kappa shape index (κ1) is 10.8. The van der Waals surface area contributed by atoms with Crippen LogP contribution in [-0.2, 0) is 9.53 Å². The van der Waals surface area contributed by atoms with Crippen LogP contribution in [0.15, 0.2) is 24.3 Å². The maximum atomic E-state index is 11.9. The normalized spacial score (nSPS) is 23.2. The first-order valence-electron chi connectivity index (χ1n) is 5.03. The van der Waals surface area contributed by atoms with Gasteiger partial charge in [-0.2, -0.15) is 0 Å². The average Bonchev–Trinajstić information content (AvgIpc) is 2.52. The largest absolute Gasteiger partial charge is 0.481 e. The molecule has 0 fully saturated rings. The molecule has 1 aliphatic carbocycles. The standard InChI is InChI=1S/C12H12O4/c1-16-12-9(6-10(13)14)7-4-2-3-5-8(7)11(12)15/h2-5,9,12H,6H2,1H3,(H,13,14). The fraction of sp³-hybridized carbons (Fsp3) is 0.333. The predicted molar refractivity (Wildman–Crippen MR) is 56.6 cm³/mol. The van der Waals surface area contributed by atoms with Gasteiger partial charge in [0, 0.05) is 18.6 Å². The van der Waals surface area contributed by atoms with Crippen LogP contribution < -0.4 is 0 Å². The summed E-state index contributed by atoms with van der Waals surface area (Å²) in [6.45, 7) is 0. The number of carboxylic acid groups (broad SMARTS) is 1. The SMILES string of the molecule is COC1C(=O)c2ccccc2C1CC(=O)O. The topological polar surface area (TPSA) is 63.6 Å². The van der Waals surface area contributed by atoms with Gasteiger partial charge in [0.05, 0.1) is 6.42 Å². The molecular weight excluding hydrogens is 208 g/mol. The Balaban J connectivity index is 2.42. The number of carbonyl (C=O) groups is 2. The van der Waals surface area contributed by atoms with Crippen LogP contribution in [0.3, 0.4) is 0 Å². The van der Waals surface area contributed by atoms with Crippen molar-refractivity contribution >= 4 is 11.8 Å². The van der Waals surface area contributed by atoms with E-state index in [1.54, 1.807) is 24.3 Å². The van der Waals surface area contributed by atoms with E-state index < -0.39 is 12.1 Å². The zero-order valence-corrected chi connectivity index (χ0v) is 8.84. The summed E-state index contributed by atoms with van der Waals surface area (Å²) in [5.41, 5.74) is 1.36. The van der Waals surface area contributed by atoms with Gasteiger partial charge in [0.2, 0.25) is 0 Å². The number of carboxylic acids is 1. The molecule has 0 radical (unpaired) electrons. The number of hydrogen-bond donors (Lipinski definition) is 1. The molecule has 1 aliphatic rings. The highest BCUT2D eigenvalue weighted by molar-refractivity contribution is 6.05. The molecule has 2 unspecified atom stereocenters. The minimum absolute atomic E-state index is 0.0821. The Hall–Kier alpha value is -1.68. The van der Waals surface area contributed by atoms with Crippen LogP contribution in [0, 0.1) is 0 Å². The highest BCUT2D eigenvalue weighted by Gasteiger charge is 2.40. The van der Waals surface area contributed by atoms with Crippen LogP contribution >= 0.6 is 0 Å². The van der Waals surface area contributed by atoms with Crippen molar-refractivity contribution in [2.75, 3.05) is 7.11 Å². The second kappa shape index (κ2) is 4.06. The highest BCUT2D eigenvalue weighted by atomic mass is 16.5. The van der Waals surface area contributed by atoms with E-state index in [-0.39, 0.29) is 18.1 Å². The molecule has 4 nitrogen and oxygen atoms in total. The van der Waals surface area contributed by atoms with E-state index in [0.717, 1.165) is 5.56 Å². The second-order valence-corrected chi connectivity index (χ2v) is 3.81. The minimum atomic E-state index is -0.920. The van der Waals surface area contributed by atoms with Crippen LogP contribution in [0.4, 0.5) is 0 Å². The number of carbonyl (C=O) groups excluding carboxylic acids is 1. The fourth-order valence-electron chi connectivity index (χ4n) is 2.22. The van der Waals surface area contributed by atoms with Crippen LogP contribution in [0.25, 0.3) is 0 Å². The van der Waals surface area contributed by atoms with Crippen LogP contribution in [0.1, 0.15) is 28.3 Å². The Bertz CT molecular complexity index is 438. The summed E-state index contributed by atoms with van der Waals surface area (Å²) < 4.78 is 5.11. The molecule has 0 bridgehead atoms. The van der Waals surface area contributed by atoms with Gasteiger partial charge in [0.25, 0.3) is 0 Å². The monoisotopic (exact) mass is 220 g/mol. The third kappa shape index (κ3) is 1.61. The van der Waals surface area contributed by atoms with Gasteiger partial charge in [0.1, 0.15) is 6.10 Å². The lowest BCUT2D eigenvalue weighted by Crippen LogP contribution is -2.24. The van der Waals surface area contributed by atoms with Crippen molar-refractivity contribution in [1.82, 2.24) is 0 Å². The summed E-state index contributed by atoms with van der Waals surface area (Å²) in [5.74, 6) is -1.41. The average molecular weight is 220 g/mol. The zero-order valence-electron chi connectivity index (χ0n) is 8.84. The molecule has 0 saturated heterocycles. The summed E-state index contributed by atoms with van der Waals surface area (Å²) in [6, 6.07) is 7.08. The Morgan fingerprint density at radius 3 is 2.75 bits per heavy atom. The molecule has 0 aliphatic heterocycles. The van der Waals surface area contributed by atoms with Crippen LogP contribution in [0.2, 0.25) is 0 Å². The van der Waals surface area contributed by atoms with E-state index in [9.17, 15) is 9.59 Å². The van der Waals surface area contributed by atoms with Gasteiger partial charge in [-0.05, 0) is 5.56 Å². The van der Waals surface area contributed by atoms with Gasteiger partial charge >= 0.3 is 5.97 Å². The number of Topliss-reactive ketones (excluding diaryl/α,β-unsaturated/α-hetero) is 1. The first-order chi connectivity index (χ1) is 7.65. The quantitative estimate of drug-likeness (QED) is 0.837. The molecule has 4 heteroatoms. The van der Waals surface area contributed by atoms with Crippen molar-refractivity contribution in [2.45, 2.75) is 18.4 Å². The Labute approximate surface area is 92.8 Å². The molecule has 1 N–H and O–H groups in total. The van der Waals surface area contributed by atoms with Crippen molar-refractivity contribution in [3.05, 3.63) is 35.4 Å². The molecular formula is C12H12O4. The molecule has 2 atom stereocenters. The Morgan fingerprint density at radius 2 is 2.12 bits per heavy atom. The number of ketones is 1. The van der Waals surface area contributed by atoms with Gasteiger partial charge in [-0.3, -0.25) is 9.59 Å². The number of methoxy groups -OCH3 is 1. The highest BCUT2D eigenvalue weighted by Crippen LogP contribution is 2.36. The number of fused-ring (bicyclic) bond motifs is 1. The molecule has 84 valence electrons. The van der Waals surface area contributed by atoms with Gasteiger partial charge in [0.15, 0.2) is 5.78 Å². The number of aliphatic carboxylic acids is 1. The minimum Gasteiger partial charge on any atom is -0.481 e. The van der Waals surface area contributed by atoms with Gasteiger partial charge < -0.3 is 9.84 Å². The maximum Gasteiger partial charge on any atom is 0.304 e. The molecule has 0 amide bonds. The molecule has 16 heavy (non-hydrogen) atoms. The zero-order chi connectivity index (χ0) is 11.7. The second-order valence-electron chi connectivity index (χ2n) is 3.81. The predicted octanol–water partition coefficient (Wildman–Crippen LogP) is 1.46. The lowest BCUT2D eigenvalue weighted by Gasteiger charge is -2.15. The summed E-state index contributed by atoms with van der Waals surface area (Å²) in [5, 5.41) is 8.83. The fourth-order valence-corrected chi connectivity index (χ4v) is 2.22. The van der Waals surface area contributed by atoms with E-state index in [1.165, 1.54) is 7.11 Å². The molecule has 0 spiro atoms. The molecule has 0 saturated carbocycles. The van der Waals surface area contributed by atoms with E-state index in [0.29, 0.717) is 5.56 Å². The first-order valence-corrected chi connectivity index (χ1v) is 5.03. The number of rotatable bonds is 3. The van der Waals surface area contributed by atoms with Crippen molar-refractivity contribution in [3.63, 3.8) is 0 Å². The summed E-state index contributed by atoms with van der Waals surface area (Å²) >= 11 is 0. The Morgan fingerprint density at radius 1 is 1.44 bits per heavy atom. The van der Waals surface area contributed by atoms with Crippen molar-refractivity contribution in [1.29, 1.82) is 0 Å². The van der Waals surface area contributed by atoms with E-state index >= 15 is 0 Å². The third-order valence-electron chi connectivity index (χ3n) is 2.90. The summed E-state index contributed by atoms with van der Waals surface area (Å²) in [6.07, 6.45) is -0.741. The Kier molecular flexibility index (Phi) is 2.75. The lowest BCUT2D eigenvalue weighted by atomic mass is 9.96. The summed E-state index contributed by atoms with van der Waals surface area (Å²) in [4.78, 5) is 22.7. The van der Waals surface area contributed by atoms with Gasteiger partial charge in [-0.25, -0.2) is 0 Å². The van der Waals surface area contributed by atoms with Crippen molar-refractivity contribution in [3.8, 4) is 0 Å². The lowest BCUT2D eigenvalue weighted by molar-refractivity contribution is -0.138. The van der Waals surface area contributed by atoms with Gasteiger partial charge in [-0.1, -0.05) is 24.3 Å². The number of hydrogen-bond acceptors (Lipinski definition) is 3. The van der Waals surface area contributed by atoms with E-state index in [1.807, 2.05) is 0 Å². The number of benzene rings is 1. The molecule has 2 rings (SSSR count). The molecule has 0 aromatic heterocycles. The third-order valence-corrected chi connectivity index (χ3v) is 2.90. The number of ether oxygens (including phenoxy) is 1.